The Bertz CT molecular complexity index is 758. The van der Waals surface area contributed by atoms with Gasteiger partial charge in [-0.2, -0.15) is 5.10 Å². The highest BCUT2D eigenvalue weighted by Crippen LogP contribution is 2.17. The predicted molar refractivity (Wildman–Crippen MR) is 99.2 cm³/mol. The number of ether oxygens (including phenoxy) is 1. The molecule has 140 valence electrons. The van der Waals surface area contributed by atoms with Crippen LogP contribution in [0.5, 0.6) is 0 Å². The van der Waals surface area contributed by atoms with E-state index in [0.717, 1.165) is 38.5 Å². The van der Waals surface area contributed by atoms with Crippen molar-refractivity contribution in [1.82, 2.24) is 24.6 Å². The molecule has 0 N–H and O–H groups in total. The number of rotatable bonds is 6. The summed E-state index contributed by atoms with van der Waals surface area (Å²) in [6, 6.07) is 5.48. The highest BCUT2D eigenvalue weighted by atomic mass is 35.5. The first-order chi connectivity index (χ1) is 12.5. The van der Waals surface area contributed by atoms with Gasteiger partial charge < -0.3 is 9.64 Å². The molecule has 0 atom stereocenters. The molecule has 1 fully saturated rings. The Morgan fingerprint density at radius 3 is 2.77 bits per heavy atom. The lowest BCUT2D eigenvalue weighted by Gasteiger charge is -2.29. The van der Waals surface area contributed by atoms with Crippen LogP contribution in [0.25, 0.3) is 0 Å². The number of pyridine rings is 1. The number of halogens is 1. The lowest BCUT2D eigenvalue weighted by Crippen LogP contribution is -2.43. The molecule has 0 radical (unpaired) electrons. The third-order valence-electron chi connectivity index (χ3n) is 4.38. The molecule has 0 saturated carbocycles. The Morgan fingerprint density at radius 1 is 1.35 bits per heavy atom. The molecule has 2 aromatic rings. The van der Waals surface area contributed by atoms with Crippen molar-refractivity contribution in [1.29, 1.82) is 0 Å². The van der Waals surface area contributed by atoms with Crippen molar-refractivity contribution in [2.45, 2.75) is 13.5 Å². The third kappa shape index (κ3) is 4.81. The van der Waals surface area contributed by atoms with Crippen molar-refractivity contribution in [2.75, 3.05) is 39.4 Å². The lowest BCUT2D eigenvalue weighted by molar-refractivity contribution is 0.0319. The minimum Gasteiger partial charge on any atom is -0.379 e. The maximum absolute atomic E-state index is 13.0. The monoisotopic (exact) mass is 377 g/mol. The Kier molecular flexibility index (Phi) is 6.24. The molecule has 8 heteroatoms. The first-order valence-corrected chi connectivity index (χ1v) is 9.12. The Labute approximate surface area is 158 Å². The summed E-state index contributed by atoms with van der Waals surface area (Å²) in [4.78, 5) is 21.5. The quantitative estimate of drug-likeness (QED) is 0.767. The van der Waals surface area contributed by atoms with Crippen molar-refractivity contribution < 1.29 is 9.53 Å². The predicted octanol–water partition coefficient (Wildman–Crippen LogP) is 1.75. The van der Waals surface area contributed by atoms with Crippen molar-refractivity contribution in [3.63, 3.8) is 0 Å². The summed E-state index contributed by atoms with van der Waals surface area (Å²) in [6.07, 6.45) is 1.74. The molecular weight excluding hydrogens is 354 g/mol. The van der Waals surface area contributed by atoms with Gasteiger partial charge in [-0.05, 0) is 19.1 Å². The minimum atomic E-state index is -0.108. The summed E-state index contributed by atoms with van der Waals surface area (Å²) in [5.41, 5.74) is 1.95. The smallest absolute Gasteiger partial charge is 0.272 e. The molecule has 0 unspecified atom stereocenters. The van der Waals surface area contributed by atoms with Crippen LogP contribution >= 0.6 is 11.6 Å². The van der Waals surface area contributed by atoms with E-state index in [1.807, 2.05) is 26.1 Å². The molecule has 0 bridgehead atoms. The molecule has 3 heterocycles. The van der Waals surface area contributed by atoms with E-state index < -0.39 is 0 Å². The second kappa shape index (κ2) is 8.62. The summed E-state index contributed by atoms with van der Waals surface area (Å²) in [7, 11) is 1.82. The first kappa shape index (κ1) is 18.8. The number of hydrogen-bond donors (Lipinski definition) is 0. The number of nitrogens with zero attached hydrogens (tertiary/aromatic N) is 5. The summed E-state index contributed by atoms with van der Waals surface area (Å²) in [5, 5.41) is 4.94. The molecule has 1 amide bonds. The SMILES string of the molecule is Cc1cccc(C(=O)N(CCN2CCOCC2)Cc2nn(C)cc2Cl)n1. The zero-order chi connectivity index (χ0) is 18.5. The van der Waals surface area contributed by atoms with Crippen LogP contribution in [0.4, 0.5) is 0 Å². The Balaban J connectivity index is 1.75. The second-order valence-corrected chi connectivity index (χ2v) is 6.85. The summed E-state index contributed by atoms with van der Waals surface area (Å²) < 4.78 is 7.05. The van der Waals surface area contributed by atoms with Crippen molar-refractivity contribution in [2.24, 2.45) is 7.05 Å². The van der Waals surface area contributed by atoms with Crippen LogP contribution in [0.2, 0.25) is 5.02 Å². The van der Waals surface area contributed by atoms with Crippen LogP contribution in [0.15, 0.2) is 24.4 Å². The van der Waals surface area contributed by atoms with Gasteiger partial charge in [0.05, 0.1) is 24.8 Å². The molecule has 0 spiro atoms. The van der Waals surface area contributed by atoms with Crippen molar-refractivity contribution >= 4 is 17.5 Å². The number of carbonyl (C=O) groups excluding carboxylic acids is 1. The Morgan fingerprint density at radius 2 is 2.12 bits per heavy atom. The molecule has 1 aliphatic rings. The van der Waals surface area contributed by atoms with Gasteiger partial charge in [-0.1, -0.05) is 17.7 Å². The van der Waals surface area contributed by atoms with E-state index in [1.165, 1.54) is 0 Å². The summed E-state index contributed by atoms with van der Waals surface area (Å²) >= 11 is 6.25. The largest absolute Gasteiger partial charge is 0.379 e. The molecule has 0 aromatic carbocycles. The zero-order valence-electron chi connectivity index (χ0n) is 15.2. The topological polar surface area (TPSA) is 63.5 Å². The van der Waals surface area contributed by atoms with Crippen LogP contribution in [-0.2, 0) is 18.3 Å². The van der Waals surface area contributed by atoms with Gasteiger partial charge in [0.1, 0.15) is 11.4 Å². The average Bonchev–Trinajstić information content (AvgIpc) is 2.96. The van der Waals surface area contributed by atoms with E-state index in [0.29, 0.717) is 29.5 Å². The molecule has 0 aliphatic carbocycles. The fourth-order valence-corrected chi connectivity index (χ4v) is 3.20. The number of aromatic nitrogens is 3. The van der Waals surface area contributed by atoms with Crippen LogP contribution < -0.4 is 0 Å². The van der Waals surface area contributed by atoms with E-state index >= 15 is 0 Å². The van der Waals surface area contributed by atoms with E-state index in [9.17, 15) is 4.79 Å². The molecule has 2 aromatic heterocycles. The van der Waals surface area contributed by atoms with Crippen LogP contribution in [-0.4, -0.2) is 69.9 Å². The fraction of sp³-hybridized carbons (Fsp3) is 0.500. The van der Waals surface area contributed by atoms with E-state index in [2.05, 4.69) is 15.0 Å². The zero-order valence-corrected chi connectivity index (χ0v) is 15.9. The molecular formula is C18H24ClN5O2. The molecule has 7 nitrogen and oxygen atoms in total. The van der Waals surface area contributed by atoms with Gasteiger partial charge in [0.25, 0.3) is 5.91 Å². The van der Waals surface area contributed by atoms with Gasteiger partial charge in [-0.25, -0.2) is 4.98 Å². The van der Waals surface area contributed by atoms with Gasteiger partial charge in [0.2, 0.25) is 0 Å². The van der Waals surface area contributed by atoms with Crippen LogP contribution in [0.3, 0.4) is 0 Å². The average molecular weight is 378 g/mol. The number of hydrogen-bond acceptors (Lipinski definition) is 5. The maximum atomic E-state index is 13.0. The number of carbonyl (C=O) groups is 1. The van der Waals surface area contributed by atoms with Gasteiger partial charge >= 0.3 is 0 Å². The van der Waals surface area contributed by atoms with Gasteiger partial charge in [0.15, 0.2) is 0 Å². The van der Waals surface area contributed by atoms with Crippen LogP contribution in [0.1, 0.15) is 21.9 Å². The first-order valence-electron chi connectivity index (χ1n) is 8.74. The number of amides is 1. The molecule has 26 heavy (non-hydrogen) atoms. The standard InChI is InChI=1S/C18H24ClN5O2/c1-14-4-3-5-16(20-14)18(25)24(7-6-23-8-10-26-11-9-23)13-17-15(19)12-22(2)21-17/h3-5,12H,6-11,13H2,1-2H3. The molecule has 1 saturated heterocycles. The summed E-state index contributed by atoms with van der Waals surface area (Å²) in [5.74, 6) is -0.108. The van der Waals surface area contributed by atoms with Crippen molar-refractivity contribution in [3.8, 4) is 0 Å². The third-order valence-corrected chi connectivity index (χ3v) is 4.70. The van der Waals surface area contributed by atoms with Crippen molar-refractivity contribution in [3.05, 3.63) is 46.5 Å². The highest BCUT2D eigenvalue weighted by molar-refractivity contribution is 6.31. The Hall–Kier alpha value is -1.96. The van der Waals surface area contributed by atoms with Crippen LogP contribution in [0, 0.1) is 6.92 Å². The summed E-state index contributed by atoms with van der Waals surface area (Å²) in [6.45, 7) is 6.85. The van der Waals surface area contributed by atoms with E-state index in [4.69, 9.17) is 16.3 Å². The highest BCUT2D eigenvalue weighted by Gasteiger charge is 2.21. The number of morpholine rings is 1. The number of aryl methyl sites for hydroxylation is 2. The minimum absolute atomic E-state index is 0.108. The molecule has 1 aliphatic heterocycles. The van der Waals surface area contributed by atoms with E-state index in [1.54, 1.807) is 21.8 Å². The maximum Gasteiger partial charge on any atom is 0.272 e. The second-order valence-electron chi connectivity index (χ2n) is 6.44. The van der Waals surface area contributed by atoms with E-state index in [-0.39, 0.29) is 5.91 Å². The fourth-order valence-electron chi connectivity index (χ4n) is 2.96. The normalized spacial score (nSPS) is 15.2. The van der Waals surface area contributed by atoms with Gasteiger partial charge in [-0.15, -0.1) is 0 Å². The molecule has 3 rings (SSSR count). The lowest BCUT2D eigenvalue weighted by atomic mass is 10.2. The van der Waals surface area contributed by atoms with Gasteiger partial charge in [0, 0.05) is 45.1 Å². The van der Waals surface area contributed by atoms with Gasteiger partial charge in [-0.3, -0.25) is 14.4 Å².